The Bertz CT molecular complexity index is 563. The van der Waals surface area contributed by atoms with Crippen LogP contribution in [0.1, 0.15) is 11.8 Å². The van der Waals surface area contributed by atoms with E-state index in [0.29, 0.717) is 5.56 Å². The third kappa shape index (κ3) is 1.54. The standard InChI is InChI=1S/C10H12N2O5/c1-4-2-12(10(15)11-8(4)14)9-7-6(17-7)5(3-13)16-9/h2,5-7,9,13H,3H2,1H3,(H,11,14,15)/t5-,6-,7-,9?/m1/s1. The minimum Gasteiger partial charge on any atom is -0.394 e. The fourth-order valence-electron chi connectivity index (χ4n) is 2.14. The van der Waals surface area contributed by atoms with Crippen LogP contribution in [0.15, 0.2) is 15.8 Å². The molecule has 0 saturated carbocycles. The van der Waals surface area contributed by atoms with E-state index in [1.54, 1.807) is 6.92 Å². The van der Waals surface area contributed by atoms with Gasteiger partial charge in [-0.2, -0.15) is 0 Å². The van der Waals surface area contributed by atoms with E-state index < -0.39 is 23.6 Å². The van der Waals surface area contributed by atoms with Crippen LogP contribution < -0.4 is 11.2 Å². The van der Waals surface area contributed by atoms with Gasteiger partial charge in [0.05, 0.1) is 6.61 Å². The molecule has 7 heteroatoms. The molecule has 3 heterocycles. The highest BCUT2D eigenvalue weighted by Crippen LogP contribution is 2.43. The average molecular weight is 240 g/mol. The van der Waals surface area contributed by atoms with E-state index in [-0.39, 0.29) is 18.8 Å². The molecule has 2 aliphatic rings. The number of aliphatic hydroxyl groups is 1. The Morgan fingerprint density at radius 1 is 1.41 bits per heavy atom. The van der Waals surface area contributed by atoms with E-state index in [0.717, 1.165) is 0 Å². The van der Waals surface area contributed by atoms with E-state index in [1.807, 2.05) is 0 Å². The fraction of sp³-hybridized carbons (Fsp3) is 0.600. The van der Waals surface area contributed by atoms with Crippen LogP contribution in [0.25, 0.3) is 0 Å². The van der Waals surface area contributed by atoms with Gasteiger partial charge in [0.25, 0.3) is 5.56 Å². The molecule has 2 aliphatic heterocycles. The van der Waals surface area contributed by atoms with Crippen LogP contribution in [0.2, 0.25) is 0 Å². The monoisotopic (exact) mass is 240 g/mol. The van der Waals surface area contributed by atoms with Gasteiger partial charge in [-0.25, -0.2) is 4.79 Å². The number of hydrogen-bond donors (Lipinski definition) is 2. The second-order valence-electron chi connectivity index (χ2n) is 4.29. The molecule has 0 aromatic carbocycles. The molecular formula is C10H12N2O5. The summed E-state index contributed by atoms with van der Waals surface area (Å²) in [6.07, 6.45) is 0.119. The largest absolute Gasteiger partial charge is 0.394 e. The highest BCUT2D eigenvalue weighted by molar-refractivity contribution is 5.06. The minimum absolute atomic E-state index is 0.144. The van der Waals surface area contributed by atoms with Gasteiger partial charge in [-0.15, -0.1) is 0 Å². The third-order valence-electron chi connectivity index (χ3n) is 3.12. The Labute approximate surface area is 95.6 Å². The summed E-state index contributed by atoms with van der Waals surface area (Å²) in [7, 11) is 0. The second kappa shape index (κ2) is 3.52. The van der Waals surface area contributed by atoms with Gasteiger partial charge in [0.2, 0.25) is 0 Å². The van der Waals surface area contributed by atoms with Crippen molar-refractivity contribution in [2.75, 3.05) is 6.61 Å². The van der Waals surface area contributed by atoms with Gasteiger partial charge in [0.15, 0.2) is 6.23 Å². The Hall–Kier alpha value is -1.44. The first-order valence-electron chi connectivity index (χ1n) is 5.35. The molecule has 2 saturated heterocycles. The molecule has 17 heavy (non-hydrogen) atoms. The number of fused-ring (bicyclic) bond motifs is 1. The van der Waals surface area contributed by atoms with Gasteiger partial charge in [-0.3, -0.25) is 14.3 Å². The Morgan fingerprint density at radius 3 is 2.82 bits per heavy atom. The molecule has 0 spiro atoms. The minimum atomic E-state index is -0.569. The zero-order valence-corrected chi connectivity index (χ0v) is 9.12. The van der Waals surface area contributed by atoms with Crippen LogP contribution >= 0.6 is 0 Å². The molecule has 2 fully saturated rings. The smallest absolute Gasteiger partial charge is 0.330 e. The number of rotatable bonds is 2. The van der Waals surface area contributed by atoms with Gasteiger partial charge in [0.1, 0.15) is 18.3 Å². The number of nitrogens with zero attached hydrogens (tertiary/aromatic N) is 1. The number of aliphatic hydroxyl groups excluding tert-OH is 1. The molecule has 7 nitrogen and oxygen atoms in total. The SMILES string of the molecule is Cc1cn(C2O[C@H](CO)[C@H]3O[C@@H]23)c(=O)[nH]c1=O. The summed E-state index contributed by atoms with van der Waals surface area (Å²) in [5.41, 5.74) is -0.507. The van der Waals surface area contributed by atoms with Crippen LogP contribution in [0.5, 0.6) is 0 Å². The molecule has 0 aliphatic carbocycles. The highest BCUT2D eigenvalue weighted by Gasteiger charge is 2.58. The van der Waals surface area contributed by atoms with Gasteiger partial charge in [-0.1, -0.05) is 0 Å². The number of hydrogen-bond acceptors (Lipinski definition) is 5. The first kappa shape index (κ1) is 10.7. The first-order valence-corrected chi connectivity index (χ1v) is 5.35. The van der Waals surface area contributed by atoms with Crippen molar-refractivity contribution < 1.29 is 14.6 Å². The first-order chi connectivity index (χ1) is 8.11. The summed E-state index contributed by atoms with van der Waals surface area (Å²) in [5.74, 6) is 0. The van der Waals surface area contributed by atoms with Gasteiger partial charge in [0, 0.05) is 11.8 Å². The summed E-state index contributed by atoms with van der Waals surface area (Å²) in [6, 6.07) is 0. The molecule has 92 valence electrons. The molecule has 4 atom stereocenters. The molecule has 0 amide bonds. The lowest BCUT2D eigenvalue weighted by Gasteiger charge is -2.18. The van der Waals surface area contributed by atoms with Gasteiger partial charge in [-0.05, 0) is 6.92 Å². The number of nitrogens with one attached hydrogen (secondary N) is 1. The Balaban J connectivity index is 1.98. The number of epoxide rings is 1. The van der Waals surface area contributed by atoms with Crippen molar-refractivity contribution in [2.45, 2.75) is 31.5 Å². The van der Waals surface area contributed by atoms with Crippen molar-refractivity contribution in [3.8, 4) is 0 Å². The highest BCUT2D eigenvalue weighted by atomic mass is 16.7. The maximum Gasteiger partial charge on any atom is 0.330 e. The molecule has 3 rings (SSSR count). The maximum absolute atomic E-state index is 11.6. The Kier molecular flexibility index (Phi) is 2.22. The number of aromatic amines is 1. The number of aromatic nitrogens is 2. The van der Waals surface area contributed by atoms with Crippen molar-refractivity contribution in [2.24, 2.45) is 0 Å². The molecular weight excluding hydrogens is 228 g/mol. The van der Waals surface area contributed by atoms with E-state index >= 15 is 0 Å². The number of aryl methyl sites for hydroxylation is 1. The zero-order valence-electron chi connectivity index (χ0n) is 9.12. The van der Waals surface area contributed by atoms with Crippen molar-refractivity contribution in [3.05, 3.63) is 32.6 Å². The molecule has 0 radical (unpaired) electrons. The molecule has 1 aromatic rings. The topological polar surface area (TPSA) is 96.8 Å². The molecule has 2 N–H and O–H groups in total. The van der Waals surface area contributed by atoms with Gasteiger partial charge < -0.3 is 14.6 Å². The predicted molar refractivity (Wildman–Crippen MR) is 55.7 cm³/mol. The molecule has 1 unspecified atom stereocenters. The lowest BCUT2D eigenvalue weighted by Crippen LogP contribution is -2.35. The van der Waals surface area contributed by atoms with Crippen LogP contribution in [-0.4, -0.2) is 39.6 Å². The van der Waals surface area contributed by atoms with Crippen molar-refractivity contribution in [3.63, 3.8) is 0 Å². The van der Waals surface area contributed by atoms with E-state index in [4.69, 9.17) is 14.6 Å². The fourth-order valence-corrected chi connectivity index (χ4v) is 2.14. The summed E-state index contributed by atoms with van der Waals surface area (Å²) < 4.78 is 12.1. The average Bonchev–Trinajstić information content (AvgIpc) is 3.00. The van der Waals surface area contributed by atoms with Crippen molar-refractivity contribution >= 4 is 0 Å². The van der Waals surface area contributed by atoms with Gasteiger partial charge >= 0.3 is 5.69 Å². The zero-order chi connectivity index (χ0) is 12.2. The normalized spacial score (nSPS) is 34.7. The third-order valence-corrected chi connectivity index (χ3v) is 3.12. The second-order valence-corrected chi connectivity index (χ2v) is 4.29. The predicted octanol–water partition coefficient (Wildman–Crippen LogP) is -1.50. The Morgan fingerprint density at radius 2 is 2.18 bits per heavy atom. The van der Waals surface area contributed by atoms with E-state index in [2.05, 4.69) is 4.98 Å². The number of ether oxygens (including phenoxy) is 2. The summed E-state index contributed by atoms with van der Waals surface area (Å²) in [6.45, 7) is 1.47. The number of H-pyrrole nitrogens is 1. The van der Waals surface area contributed by atoms with Crippen molar-refractivity contribution in [1.29, 1.82) is 0 Å². The van der Waals surface area contributed by atoms with Crippen LogP contribution in [0.3, 0.4) is 0 Å². The lowest BCUT2D eigenvalue weighted by molar-refractivity contribution is -0.0857. The van der Waals surface area contributed by atoms with E-state index in [9.17, 15) is 9.59 Å². The molecule has 1 aromatic heterocycles. The maximum atomic E-state index is 11.6. The van der Waals surface area contributed by atoms with Crippen LogP contribution in [0, 0.1) is 6.92 Å². The van der Waals surface area contributed by atoms with Crippen LogP contribution in [0.4, 0.5) is 0 Å². The summed E-state index contributed by atoms with van der Waals surface area (Å²) >= 11 is 0. The summed E-state index contributed by atoms with van der Waals surface area (Å²) in [5, 5.41) is 9.05. The summed E-state index contributed by atoms with van der Waals surface area (Å²) in [4.78, 5) is 25.1. The molecule has 0 bridgehead atoms. The van der Waals surface area contributed by atoms with Crippen LogP contribution in [-0.2, 0) is 9.47 Å². The lowest BCUT2D eigenvalue weighted by atomic mass is 10.2. The quantitative estimate of drug-likeness (QED) is 0.613. The van der Waals surface area contributed by atoms with E-state index in [1.165, 1.54) is 10.8 Å². The van der Waals surface area contributed by atoms with Crippen molar-refractivity contribution in [1.82, 2.24) is 9.55 Å².